The van der Waals surface area contributed by atoms with Crippen molar-refractivity contribution < 1.29 is 13.6 Å². The molecule has 0 bridgehead atoms. The molecule has 0 radical (unpaired) electrons. The van der Waals surface area contributed by atoms with Gasteiger partial charge in [0.15, 0.2) is 0 Å². The number of hydrogen-bond donors (Lipinski definition) is 3. The maximum atomic E-state index is 13.6. The average Bonchev–Trinajstić information content (AvgIpc) is 2.72. The van der Waals surface area contributed by atoms with E-state index in [-0.39, 0.29) is 17.9 Å². The molecule has 0 aliphatic heterocycles. The largest absolute Gasteiger partial charge is 0.352 e. The molecule has 6 heteroatoms. The van der Waals surface area contributed by atoms with Gasteiger partial charge in [0.05, 0.1) is 0 Å². The summed E-state index contributed by atoms with van der Waals surface area (Å²) in [6, 6.07) is 12.9. The second-order valence-electron chi connectivity index (χ2n) is 8.34. The molecule has 0 aromatic heterocycles. The zero-order valence-electron chi connectivity index (χ0n) is 17.5. The van der Waals surface area contributed by atoms with Gasteiger partial charge in [0.1, 0.15) is 11.6 Å². The minimum Gasteiger partial charge on any atom is -0.352 e. The summed E-state index contributed by atoms with van der Waals surface area (Å²) in [7, 11) is 0. The standard InChI is InChI=1S/C24H31F2N3O/c1-17(30)29-23(14-18-12-20(25)15-21(26)13-18)22(27)16-28-24(10-6-3-7-11-24)19-8-4-2-5-9-19/h2,4-5,8-9,12-13,15,22-23,28H,3,6-7,10-11,14,16,27H2,1H3,(H,29,30)/t22-,23+/m1/s1. The lowest BCUT2D eigenvalue weighted by atomic mass is 9.76. The predicted molar refractivity (Wildman–Crippen MR) is 115 cm³/mol. The second-order valence-corrected chi connectivity index (χ2v) is 8.34. The predicted octanol–water partition coefficient (Wildman–Crippen LogP) is 3.79. The van der Waals surface area contributed by atoms with Gasteiger partial charge in [0.25, 0.3) is 0 Å². The van der Waals surface area contributed by atoms with Crippen LogP contribution in [0, 0.1) is 11.6 Å². The smallest absolute Gasteiger partial charge is 0.217 e. The van der Waals surface area contributed by atoms with E-state index in [1.165, 1.54) is 31.0 Å². The third-order valence-electron chi connectivity index (χ3n) is 5.99. The summed E-state index contributed by atoms with van der Waals surface area (Å²) in [5.41, 5.74) is 8.06. The molecule has 2 aromatic carbocycles. The highest BCUT2D eigenvalue weighted by atomic mass is 19.1. The van der Waals surface area contributed by atoms with Gasteiger partial charge in [-0.05, 0) is 42.5 Å². The van der Waals surface area contributed by atoms with Crippen LogP contribution >= 0.6 is 0 Å². The highest BCUT2D eigenvalue weighted by molar-refractivity contribution is 5.73. The van der Waals surface area contributed by atoms with Crippen LogP contribution in [0.5, 0.6) is 0 Å². The number of nitrogens with one attached hydrogen (secondary N) is 2. The van der Waals surface area contributed by atoms with Crippen LogP contribution < -0.4 is 16.4 Å². The van der Waals surface area contributed by atoms with Gasteiger partial charge in [0, 0.05) is 37.2 Å². The van der Waals surface area contributed by atoms with Crippen LogP contribution in [0.4, 0.5) is 8.78 Å². The van der Waals surface area contributed by atoms with E-state index in [1.54, 1.807) is 0 Å². The molecular formula is C24H31F2N3O. The van der Waals surface area contributed by atoms with Crippen molar-refractivity contribution in [3.63, 3.8) is 0 Å². The van der Waals surface area contributed by atoms with Crippen molar-refractivity contribution >= 4 is 5.91 Å². The van der Waals surface area contributed by atoms with Crippen LogP contribution in [0.1, 0.15) is 50.2 Å². The third-order valence-corrected chi connectivity index (χ3v) is 5.99. The quantitative estimate of drug-likeness (QED) is 0.615. The number of rotatable bonds is 8. The van der Waals surface area contributed by atoms with Crippen molar-refractivity contribution in [3.05, 3.63) is 71.3 Å². The lowest BCUT2D eigenvalue weighted by molar-refractivity contribution is -0.119. The fraction of sp³-hybridized carbons (Fsp3) is 0.458. The molecule has 2 atom stereocenters. The maximum absolute atomic E-state index is 13.6. The molecule has 3 rings (SSSR count). The lowest BCUT2D eigenvalue weighted by Gasteiger charge is -2.40. The molecule has 1 fully saturated rings. The van der Waals surface area contributed by atoms with Gasteiger partial charge in [-0.1, -0.05) is 49.6 Å². The molecule has 2 aromatic rings. The van der Waals surface area contributed by atoms with E-state index in [0.29, 0.717) is 12.1 Å². The summed E-state index contributed by atoms with van der Waals surface area (Å²) in [4.78, 5) is 11.7. The average molecular weight is 416 g/mol. The van der Waals surface area contributed by atoms with E-state index >= 15 is 0 Å². The fourth-order valence-corrected chi connectivity index (χ4v) is 4.49. The van der Waals surface area contributed by atoms with Gasteiger partial charge in [-0.2, -0.15) is 0 Å². The van der Waals surface area contributed by atoms with Gasteiger partial charge in [-0.25, -0.2) is 8.78 Å². The van der Waals surface area contributed by atoms with Crippen LogP contribution in [0.2, 0.25) is 0 Å². The van der Waals surface area contributed by atoms with Crippen LogP contribution in [0.25, 0.3) is 0 Å². The number of carbonyl (C=O) groups excluding carboxylic acids is 1. The highest BCUT2D eigenvalue weighted by Gasteiger charge is 2.34. The second kappa shape index (κ2) is 10.1. The Hall–Kier alpha value is -2.31. The first kappa shape index (κ1) is 22.4. The Morgan fingerprint density at radius 2 is 1.70 bits per heavy atom. The number of carbonyl (C=O) groups is 1. The van der Waals surface area contributed by atoms with Crippen molar-refractivity contribution in [2.24, 2.45) is 5.73 Å². The summed E-state index contributed by atoms with van der Waals surface area (Å²) in [6.07, 6.45) is 5.84. The van der Waals surface area contributed by atoms with Crippen LogP contribution in [-0.4, -0.2) is 24.5 Å². The topological polar surface area (TPSA) is 67.2 Å². The normalized spacial score (nSPS) is 17.9. The molecule has 0 unspecified atom stereocenters. The van der Waals surface area contributed by atoms with Gasteiger partial charge in [-0.15, -0.1) is 0 Å². The molecule has 162 valence electrons. The van der Waals surface area contributed by atoms with Crippen molar-refractivity contribution in [2.75, 3.05) is 6.54 Å². The highest BCUT2D eigenvalue weighted by Crippen LogP contribution is 2.37. The summed E-state index contributed by atoms with van der Waals surface area (Å²) >= 11 is 0. The molecule has 1 aliphatic rings. The number of nitrogens with two attached hydrogens (primary N) is 1. The first-order chi connectivity index (χ1) is 14.4. The fourth-order valence-electron chi connectivity index (χ4n) is 4.49. The molecule has 0 spiro atoms. The van der Waals surface area contributed by atoms with Gasteiger partial charge in [0.2, 0.25) is 5.91 Å². The third kappa shape index (κ3) is 5.86. The molecule has 1 saturated carbocycles. The van der Waals surface area contributed by atoms with Crippen molar-refractivity contribution in [1.29, 1.82) is 0 Å². The van der Waals surface area contributed by atoms with E-state index in [4.69, 9.17) is 5.73 Å². The summed E-state index contributed by atoms with van der Waals surface area (Å²) < 4.78 is 27.2. The van der Waals surface area contributed by atoms with Crippen molar-refractivity contribution in [3.8, 4) is 0 Å². The van der Waals surface area contributed by atoms with Gasteiger partial charge < -0.3 is 16.4 Å². The molecule has 1 aliphatic carbocycles. The van der Waals surface area contributed by atoms with Gasteiger partial charge in [-0.3, -0.25) is 4.79 Å². The van der Waals surface area contributed by atoms with Crippen LogP contribution in [-0.2, 0) is 16.8 Å². The zero-order valence-corrected chi connectivity index (χ0v) is 17.5. The zero-order chi connectivity index (χ0) is 21.6. The van der Waals surface area contributed by atoms with E-state index in [9.17, 15) is 13.6 Å². The van der Waals surface area contributed by atoms with Crippen LogP contribution in [0.3, 0.4) is 0 Å². The number of halogens is 2. The van der Waals surface area contributed by atoms with E-state index < -0.39 is 23.7 Å². The molecule has 4 N–H and O–H groups in total. The molecule has 0 heterocycles. The molecule has 0 saturated heterocycles. The minimum atomic E-state index is -0.636. The lowest BCUT2D eigenvalue weighted by Crippen LogP contribution is -2.56. The summed E-state index contributed by atoms with van der Waals surface area (Å²) in [5.74, 6) is -1.49. The number of hydrogen-bond acceptors (Lipinski definition) is 3. The molecule has 30 heavy (non-hydrogen) atoms. The van der Waals surface area contributed by atoms with Gasteiger partial charge >= 0.3 is 0 Å². The molecule has 1 amide bonds. The van der Waals surface area contributed by atoms with Crippen LogP contribution in [0.15, 0.2) is 48.5 Å². The summed E-state index contributed by atoms with van der Waals surface area (Å²) in [6.45, 7) is 1.91. The van der Waals surface area contributed by atoms with Crippen molar-refractivity contribution in [2.45, 2.75) is 63.1 Å². The maximum Gasteiger partial charge on any atom is 0.217 e. The SMILES string of the molecule is CC(=O)N[C@@H](Cc1cc(F)cc(F)c1)[C@H](N)CNC1(c2ccccc2)CCCCC1. The van der Waals surface area contributed by atoms with E-state index in [1.807, 2.05) is 18.2 Å². The van der Waals surface area contributed by atoms with Crippen molar-refractivity contribution in [1.82, 2.24) is 10.6 Å². The molecule has 4 nitrogen and oxygen atoms in total. The Morgan fingerprint density at radius 3 is 2.30 bits per heavy atom. The Bertz CT molecular complexity index is 817. The Labute approximate surface area is 177 Å². The minimum absolute atomic E-state index is 0.136. The molecular weight excluding hydrogens is 384 g/mol. The van der Waals surface area contributed by atoms with E-state index in [2.05, 4.69) is 22.8 Å². The summed E-state index contributed by atoms with van der Waals surface area (Å²) in [5, 5.41) is 6.55. The Balaban J connectivity index is 1.73. The monoisotopic (exact) mass is 415 g/mol. The first-order valence-corrected chi connectivity index (χ1v) is 10.7. The van der Waals surface area contributed by atoms with E-state index in [0.717, 1.165) is 31.7 Å². The first-order valence-electron chi connectivity index (χ1n) is 10.7. The Morgan fingerprint density at radius 1 is 1.07 bits per heavy atom. The number of benzene rings is 2. The number of amides is 1. The Kier molecular flexibility index (Phi) is 7.56.